The fraction of sp³-hybridized carbons (Fsp3) is 0.848. The summed E-state index contributed by atoms with van der Waals surface area (Å²) in [6.45, 7) is 37.6. The lowest BCUT2D eigenvalue weighted by atomic mass is 9.88. The monoisotopic (exact) mass is 1540 g/mol. The minimum absolute atomic E-state index is 0.110. The van der Waals surface area contributed by atoms with Crippen molar-refractivity contribution in [2.45, 2.75) is 361 Å². The topological polar surface area (TPSA) is 16.6 Å². The van der Waals surface area contributed by atoms with Crippen molar-refractivity contribution < 1.29 is 102 Å². The number of quaternary nitrogens is 1. The van der Waals surface area contributed by atoms with Gasteiger partial charge in [0.25, 0.3) is 0 Å². The van der Waals surface area contributed by atoms with E-state index in [0.29, 0.717) is 25.2 Å². The van der Waals surface area contributed by atoms with Crippen LogP contribution in [0.2, 0.25) is 21.1 Å². The maximum Gasteiger partial charge on any atom is 0.458 e. The van der Waals surface area contributed by atoms with Crippen molar-refractivity contribution in [1.82, 2.24) is 0 Å². The maximum atomic E-state index is 13.9. The van der Waals surface area contributed by atoms with Crippen LogP contribution in [0.15, 0.2) is 0 Å². The fourth-order valence-electron chi connectivity index (χ4n) is 16.1. The molecular formula is C79H130AlF22N. The zero-order valence-corrected chi connectivity index (χ0v) is 66.1. The van der Waals surface area contributed by atoms with Gasteiger partial charge in [0.2, 0.25) is 5.82 Å². The highest BCUT2D eigenvalue weighted by molar-refractivity contribution is 6.80. The molecule has 2 N–H and O–H groups in total. The molecule has 0 heterocycles. The van der Waals surface area contributed by atoms with E-state index in [9.17, 15) is 96.6 Å². The van der Waals surface area contributed by atoms with Crippen LogP contribution in [0.25, 0.3) is 11.1 Å². The Morgan fingerprint density at radius 1 is 0.311 bits per heavy atom. The molecule has 2 aromatic rings. The van der Waals surface area contributed by atoms with Crippen LogP contribution in [-0.2, 0) is 12.1 Å². The summed E-state index contributed by atoms with van der Waals surface area (Å²) in [5, 5.41) is 6.72. The SMILES string of the molecule is CCCC(CC)CCC(C)[CH2][Al-]([CH2]C(C)CCC(CC)CCC)([CH2]C(C)CCC(CC)CCC)[CH2]C(C)CCC(CC)CCC.CCCCCCC(F)(F)C(F)(F)C(F)(F)[NH2+]CC(C)CCC(CC)CCC.Fc1c(F)c(F)c(-c2c(C(F)(F)F)c(F)c(F)c(F)c2C(F)(F)C(F)(F)F)c(F)c1F. The van der Waals surface area contributed by atoms with Crippen molar-refractivity contribution in [2.75, 3.05) is 6.54 Å². The lowest BCUT2D eigenvalue weighted by molar-refractivity contribution is -0.811. The molecule has 0 radical (unpaired) electrons. The van der Waals surface area contributed by atoms with Crippen LogP contribution in [0, 0.1) is 106 Å². The highest BCUT2D eigenvalue weighted by Gasteiger charge is 2.74. The van der Waals surface area contributed by atoms with Crippen LogP contribution in [0.1, 0.15) is 315 Å². The third kappa shape index (κ3) is 32.1. The average molecular weight is 1540 g/mol. The van der Waals surface area contributed by atoms with E-state index in [1.54, 1.807) is 28.1 Å². The Bertz CT molecular complexity index is 2490. The summed E-state index contributed by atoms with van der Waals surface area (Å²) >= 11 is -1.85. The molecule has 0 amide bonds. The van der Waals surface area contributed by atoms with Crippen molar-refractivity contribution in [3.05, 3.63) is 57.7 Å². The second kappa shape index (κ2) is 48.1. The molecule has 2 aromatic carbocycles. The number of hydrogen-bond acceptors (Lipinski definition) is 0. The van der Waals surface area contributed by atoms with Gasteiger partial charge in [0.05, 0.1) is 17.7 Å². The Morgan fingerprint density at radius 3 is 0.883 bits per heavy atom. The van der Waals surface area contributed by atoms with E-state index < -0.39 is 124 Å². The van der Waals surface area contributed by atoms with Gasteiger partial charge in [-0.05, 0) is 48.9 Å². The van der Waals surface area contributed by atoms with E-state index in [2.05, 4.69) is 96.9 Å². The lowest BCUT2D eigenvalue weighted by Gasteiger charge is -2.45. The molecule has 2 rings (SSSR count). The van der Waals surface area contributed by atoms with Gasteiger partial charge in [-0.3, -0.25) is 5.32 Å². The van der Waals surface area contributed by atoms with Gasteiger partial charge in [0.15, 0.2) is 40.7 Å². The highest BCUT2D eigenvalue weighted by Crippen LogP contribution is 2.54. The van der Waals surface area contributed by atoms with Crippen LogP contribution in [0.4, 0.5) is 96.6 Å². The first-order valence-corrected chi connectivity index (χ1v) is 42.5. The van der Waals surface area contributed by atoms with Crippen LogP contribution in [-0.4, -0.2) is 43.7 Å². The lowest BCUT2D eigenvalue weighted by Crippen LogP contribution is -3.00. The molecular weight excluding hydrogens is 1410 g/mol. The Kier molecular flexibility index (Phi) is 46.9. The quantitative estimate of drug-likeness (QED) is 0.0170. The minimum atomic E-state index is -7.10. The molecule has 608 valence electrons. The third-order valence-electron chi connectivity index (χ3n) is 22.1. The molecule has 0 aliphatic heterocycles. The normalized spacial score (nSPS) is 16.4. The second-order valence-corrected chi connectivity index (χ2v) is 36.5. The van der Waals surface area contributed by atoms with E-state index >= 15 is 0 Å². The summed E-state index contributed by atoms with van der Waals surface area (Å²) in [6.07, 6.45) is 19.9. The second-order valence-electron chi connectivity index (χ2n) is 31.1. The number of alkyl halides is 14. The van der Waals surface area contributed by atoms with Crippen molar-refractivity contribution in [3.8, 4) is 11.1 Å². The van der Waals surface area contributed by atoms with Crippen LogP contribution in [0.3, 0.4) is 0 Å². The van der Waals surface area contributed by atoms with Crippen molar-refractivity contribution in [3.63, 3.8) is 0 Å². The van der Waals surface area contributed by atoms with Gasteiger partial charge >= 0.3 is 36.2 Å². The summed E-state index contributed by atoms with van der Waals surface area (Å²) in [5.41, 5.74) is -14.2. The van der Waals surface area contributed by atoms with Gasteiger partial charge in [0.1, 0.15) is 18.6 Å². The summed E-state index contributed by atoms with van der Waals surface area (Å²) in [7, 11) is 0. The molecule has 0 fully saturated rings. The molecule has 0 aliphatic carbocycles. The Labute approximate surface area is 607 Å². The minimum Gasteiger partial charge on any atom is -0.280 e. The summed E-state index contributed by atoms with van der Waals surface area (Å²) in [4.78, 5) is 0. The van der Waals surface area contributed by atoms with Crippen molar-refractivity contribution in [2.24, 2.45) is 59.2 Å². The molecule has 0 saturated carbocycles. The maximum absolute atomic E-state index is 13.9. The molecule has 0 saturated heterocycles. The van der Waals surface area contributed by atoms with E-state index in [-0.39, 0.29) is 24.2 Å². The number of hydrogen-bond donors (Lipinski definition) is 1. The molecule has 1 nitrogen and oxygen atoms in total. The summed E-state index contributed by atoms with van der Waals surface area (Å²) in [6, 6.07) is -4.82. The van der Waals surface area contributed by atoms with Crippen molar-refractivity contribution in [1.29, 1.82) is 0 Å². The van der Waals surface area contributed by atoms with Crippen LogP contribution >= 0.6 is 0 Å². The molecule has 10 unspecified atom stereocenters. The van der Waals surface area contributed by atoms with Crippen LogP contribution < -0.4 is 5.32 Å². The van der Waals surface area contributed by atoms with Gasteiger partial charge in [-0.2, -0.15) is 73.8 Å². The molecule has 0 aliphatic rings. The molecule has 24 heteroatoms. The van der Waals surface area contributed by atoms with Gasteiger partial charge in [-0.25, -0.2) is 35.1 Å². The molecule has 10 atom stereocenters. The van der Waals surface area contributed by atoms with Crippen LogP contribution in [0.5, 0.6) is 0 Å². The molecule has 0 spiro atoms. The molecule has 0 aromatic heterocycles. The zero-order chi connectivity index (χ0) is 79.7. The first-order valence-electron chi connectivity index (χ1n) is 39.2. The van der Waals surface area contributed by atoms with E-state index in [0.717, 1.165) is 79.4 Å². The number of unbranched alkanes of at least 4 members (excludes halogenated alkanes) is 3. The summed E-state index contributed by atoms with van der Waals surface area (Å²) in [5.74, 6) is -36.4. The largest absolute Gasteiger partial charge is 0.458 e. The zero-order valence-electron chi connectivity index (χ0n) is 65.0. The third-order valence-corrected chi connectivity index (χ3v) is 29.3. The predicted octanol–water partition coefficient (Wildman–Crippen LogP) is 30.2. The number of nitrogens with two attached hydrogens (primary N) is 1. The number of halogens is 22. The fourth-order valence-corrected chi connectivity index (χ4v) is 25.0. The van der Waals surface area contributed by atoms with E-state index in [1.807, 2.05) is 6.92 Å². The Balaban J connectivity index is 0.00000158. The Morgan fingerprint density at radius 2 is 0.602 bits per heavy atom. The van der Waals surface area contributed by atoms with Gasteiger partial charge in [0, 0.05) is 17.9 Å². The first-order chi connectivity index (χ1) is 47.8. The van der Waals surface area contributed by atoms with Gasteiger partial charge < -0.3 is 0 Å². The van der Waals surface area contributed by atoms with E-state index in [4.69, 9.17) is 0 Å². The van der Waals surface area contributed by atoms with Gasteiger partial charge in [-0.15, -0.1) is 8.78 Å². The number of benzene rings is 2. The highest BCUT2D eigenvalue weighted by atomic mass is 27.2. The molecule has 103 heavy (non-hydrogen) atoms. The molecule has 0 bridgehead atoms. The first kappa shape index (κ1) is 100. The predicted molar refractivity (Wildman–Crippen MR) is 377 cm³/mol. The van der Waals surface area contributed by atoms with Gasteiger partial charge in [-0.1, -0.05) is 301 Å². The summed E-state index contributed by atoms with van der Waals surface area (Å²) < 4.78 is 297. The average Bonchev–Trinajstić information content (AvgIpc) is 0.716. The smallest absolute Gasteiger partial charge is 0.280 e. The Hall–Kier alpha value is -2.61. The van der Waals surface area contributed by atoms with E-state index in [1.165, 1.54) is 128 Å². The number of rotatable bonds is 50. The van der Waals surface area contributed by atoms with Crippen molar-refractivity contribution >= 4 is 13.1 Å². The standard InChI is InChI=1S/C20H37F6N.C15F16.4C11H23.Al/c1-5-8-9-10-14-18(21,22)19(23,24)20(25,26)27-15-16(4)12-13-17(7-3)11-6-2;16-5-2(6(17)10(21)12(23)9(5)20)1-3(13(24,25)15(29,30)31)7(18)11(22)8(19)4(1)14(26,27)28;4*1-5-7-11(6-2)9-8-10(3)4;/h16-17,27H,5-15H2,1-4H3;;4*10-11H,3,5-9H2,1-2,4H3;/q;;;;;;-1/p+1.